The van der Waals surface area contributed by atoms with Crippen molar-refractivity contribution in [3.63, 3.8) is 0 Å². The lowest BCUT2D eigenvalue weighted by molar-refractivity contribution is 0.751. The minimum atomic E-state index is 0.0972. The molecule has 1 heterocycles. The first-order valence-corrected chi connectivity index (χ1v) is 7.21. The van der Waals surface area contributed by atoms with Crippen LogP contribution in [0.2, 0.25) is 0 Å². The number of nitrogens with one attached hydrogen (secondary N) is 1. The molecule has 3 rings (SSSR count). The van der Waals surface area contributed by atoms with Crippen LogP contribution in [-0.2, 0) is 0 Å². The lowest BCUT2D eigenvalue weighted by atomic mass is 10.1. The van der Waals surface area contributed by atoms with E-state index in [1.165, 1.54) is 12.8 Å². The number of pyridine rings is 1. The van der Waals surface area contributed by atoms with Gasteiger partial charge in [0.1, 0.15) is 11.7 Å². The number of hydrogen-bond donors (Lipinski definition) is 2. The molecule has 104 valence electrons. The van der Waals surface area contributed by atoms with E-state index in [1.54, 1.807) is 0 Å². The molecule has 1 aromatic carbocycles. The van der Waals surface area contributed by atoms with Crippen molar-refractivity contribution in [2.45, 2.75) is 32.2 Å². The van der Waals surface area contributed by atoms with Crippen LogP contribution in [0.5, 0.6) is 0 Å². The summed E-state index contributed by atoms with van der Waals surface area (Å²) in [6.45, 7) is 3.14. The molecule has 0 atom stereocenters. The molecule has 1 fully saturated rings. The highest BCUT2D eigenvalue weighted by Gasteiger charge is 2.31. The Hall–Kier alpha value is -2.10. The van der Waals surface area contributed by atoms with Crippen molar-refractivity contribution in [1.29, 1.82) is 5.41 Å². The van der Waals surface area contributed by atoms with Gasteiger partial charge >= 0.3 is 0 Å². The van der Waals surface area contributed by atoms with Crippen molar-refractivity contribution >= 4 is 22.6 Å². The van der Waals surface area contributed by atoms with Gasteiger partial charge in [0.05, 0.1) is 11.1 Å². The molecule has 0 aliphatic heterocycles. The van der Waals surface area contributed by atoms with Crippen molar-refractivity contribution in [1.82, 2.24) is 4.98 Å². The van der Waals surface area contributed by atoms with E-state index in [0.29, 0.717) is 6.04 Å². The number of nitrogens with zero attached hydrogens (tertiary/aromatic N) is 2. The zero-order chi connectivity index (χ0) is 14.1. The Labute approximate surface area is 119 Å². The van der Waals surface area contributed by atoms with Crippen LogP contribution in [0.4, 0.5) is 5.82 Å². The van der Waals surface area contributed by atoms with Crippen LogP contribution in [0, 0.1) is 5.41 Å². The standard InChI is InChI=1S/C16H20N4/c1-2-9-20(12-7-8-12)16-13(15(17)18)10-11-5-3-4-6-14(11)19-16/h3-6,10,12H,2,7-9H2,1H3,(H3,17,18). The topological polar surface area (TPSA) is 66.0 Å². The summed E-state index contributed by atoms with van der Waals surface area (Å²) in [7, 11) is 0. The third-order valence-electron chi connectivity index (χ3n) is 3.72. The first kappa shape index (κ1) is 12.9. The van der Waals surface area contributed by atoms with Crippen LogP contribution in [0.15, 0.2) is 30.3 Å². The predicted molar refractivity (Wildman–Crippen MR) is 83.4 cm³/mol. The molecule has 0 unspecified atom stereocenters. The summed E-state index contributed by atoms with van der Waals surface area (Å²) < 4.78 is 0. The number of benzene rings is 1. The van der Waals surface area contributed by atoms with E-state index in [2.05, 4.69) is 11.8 Å². The quantitative estimate of drug-likeness (QED) is 0.647. The Bertz CT molecular complexity index is 646. The summed E-state index contributed by atoms with van der Waals surface area (Å²) in [5.41, 5.74) is 7.50. The Morgan fingerprint density at radius 2 is 2.15 bits per heavy atom. The zero-order valence-corrected chi connectivity index (χ0v) is 11.8. The lowest BCUT2D eigenvalue weighted by Crippen LogP contribution is -2.30. The second-order valence-corrected chi connectivity index (χ2v) is 5.39. The van der Waals surface area contributed by atoms with Crippen LogP contribution in [0.3, 0.4) is 0 Å². The SMILES string of the molecule is CCCN(c1nc2ccccc2cc1C(=N)N)C1CC1. The molecule has 0 saturated heterocycles. The predicted octanol–water partition coefficient (Wildman–Crippen LogP) is 2.90. The minimum Gasteiger partial charge on any atom is -0.384 e. The minimum absolute atomic E-state index is 0.0972. The lowest BCUT2D eigenvalue weighted by Gasteiger charge is -2.25. The van der Waals surface area contributed by atoms with E-state index in [9.17, 15) is 0 Å². The number of para-hydroxylation sites is 1. The highest BCUT2D eigenvalue weighted by Crippen LogP contribution is 2.33. The summed E-state index contributed by atoms with van der Waals surface area (Å²) in [5.74, 6) is 0.973. The molecule has 3 N–H and O–H groups in total. The van der Waals surface area contributed by atoms with Gasteiger partial charge in [0.25, 0.3) is 0 Å². The van der Waals surface area contributed by atoms with E-state index in [0.717, 1.165) is 35.2 Å². The molecule has 20 heavy (non-hydrogen) atoms. The molecule has 1 aliphatic carbocycles. The molecule has 4 nitrogen and oxygen atoms in total. The summed E-state index contributed by atoms with van der Waals surface area (Å²) in [5, 5.41) is 8.89. The summed E-state index contributed by atoms with van der Waals surface area (Å²) in [6, 6.07) is 10.6. The van der Waals surface area contributed by atoms with Gasteiger partial charge in [-0.05, 0) is 31.4 Å². The zero-order valence-electron chi connectivity index (χ0n) is 11.8. The van der Waals surface area contributed by atoms with Gasteiger partial charge in [-0.25, -0.2) is 4.98 Å². The average Bonchev–Trinajstić information content (AvgIpc) is 3.28. The van der Waals surface area contributed by atoms with Crippen LogP contribution in [-0.4, -0.2) is 23.4 Å². The average molecular weight is 268 g/mol. The highest BCUT2D eigenvalue weighted by atomic mass is 15.2. The number of fused-ring (bicyclic) bond motifs is 1. The largest absolute Gasteiger partial charge is 0.384 e. The maximum absolute atomic E-state index is 7.85. The number of rotatable bonds is 5. The molecular formula is C16H20N4. The number of amidine groups is 1. The summed E-state index contributed by atoms with van der Waals surface area (Å²) in [6.07, 6.45) is 3.50. The molecule has 1 aliphatic rings. The molecular weight excluding hydrogens is 248 g/mol. The summed E-state index contributed by atoms with van der Waals surface area (Å²) >= 11 is 0. The fourth-order valence-corrected chi connectivity index (χ4v) is 2.61. The van der Waals surface area contributed by atoms with Gasteiger partial charge in [-0.15, -0.1) is 0 Å². The molecule has 1 aromatic heterocycles. The highest BCUT2D eigenvalue weighted by molar-refractivity contribution is 6.03. The maximum Gasteiger partial charge on any atom is 0.140 e. The number of aromatic nitrogens is 1. The Morgan fingerprint density at radius 3 is 2.80 bits per heavy atom. The normalized spacial score (nSPS) is 14.4. The van der Waals surface area contributed by atoms with Gasteiger partial charge in [0.2, 0.25) is 0 Å². The third-order valence-corrected chi connectivity index (χ3v) is 3.72. The van der Waals surface area contributed by atoms with Crippen LogP contribution >= 0.6 is 0 Å². The van der Waals surface area contributed by atoms with Gasteiger partial charge in [0, 0.05) is 18.0 Å². The van der Waals surface area contributed by atoms with Gasteiger partial charge in [-0.3, -0.25) is 5.41 Å². The van der Waals surface area contributed by atoms with Gasteiger partial charge < -0.3 is 10.6 Å². The number of hydrogen-bond acceptors (Lipinski definition) is 3. The second kappa shape index (κ2) is 5.12. The Balaban J connectivity index is 2.15. The summed E-state index contributed by atoms with van der Waals surface area (Å²) in [4.78, 5) is 7.10. The molecule has 0 spiro atoms. The van der Waals surface area contributed by atoms with E-state index in [4.69, 9.17) is 16.1 Å². The fourth-order valence-electron chi connectivity index (χ4n) is 2.61. The monoisotopic (exact) mass is 268 g/mol. The number of anilines is 1. The van der Waals surface area contributed by atoms with Crippen molar-refractivity contribution < 1.29 is 0 Å². The smallest absolute Gasteiger partial charge is 0.140 e. The van der Waals surface area contributed by atoms with Gasteiger partial charge in [-0.2, -0.15) is 0 Å². The maximum atomic E-state index is 7.85. The van der Waals surface area contributed by atoms with Crippen molar-refractivity contribution in [3.05, 3.63) is 35.9 Å². The van der Waals surface area contributed by atoms with E-state index >= 15 is 0 Å². The first-order chi connectivity index (χ1) is 9.70. The first-order valence-electron chi connectivity index (χ1n) is 7.21. The van der Waals surface area contributed by atoms with Crippen molar-refractivity contribution in [2.24, 2.45) is 5.73 Å². The van der Waals surface area contributed by atoms with E-state index in [-0.39, 0.29) is 5.84 Å². The fraction of sp³-hybridized carbons (Fsp3) is 0.375. The van der Waals surface area contributed by atoms with Crippen molar-refractivity contribution in [3.8, 4) is 0 Å². The number of nitrogens with two attached hydrogens (primary N) is 1. The van der Waals surface area contributed by atoms with Crippen molar-refractivity contribution in [2.75, 3.05) is 11.4 Å². The number of nitrogen functional groups attached to an aromatic ring is 1. The molecule has 0 bridgehead atoms. The molecule has 4 heteroatoms. The van der Waals surface area contributed by atoms with Gasteiger partial charge in [0.15, 0.2) is 0 Å². The molecule has 0 amide bonds. The molecule has 2 aromatic rings. The third kappa shape index (κ3) is 2.33. The Kier molecular flexibility index (Phi) is 3.30. The van der Waals surface area contributed by atoms with E-state index in [1.807, 2.05) is 30.3 Å². The van der Waals surface area contributed by atoms with E-state index < -0.39 is 0 Å². The molecule has 0 radical (unpaired) electrons. The van der Waals surface area contributed by atoms with Crippen LogP contribution in [0.1, 0.15) is 31.7 Å². The molecule has 1 saturated carbocycles. The van der Waals surface area contributed by atoms with Crippen LogP contribution in [0.25, 0.3) is 10.9 Å². The second-order valence-electron chi connectivity index (χ2n) is 5.39. The van der Waals surface area contributed by atoms with Gasteiger partial charge in [-0.1, -0.05) is 25.1 Å². The Morgan fingerprint density at radius 1 is 1.40 bits per heavy atom. The van der Waals surface area contributed by atoms with Crippen LogP contribution < -0.4 is 10.6 Å².